The van der Waals surface area contributed by atoms with E-state index in [1.54, 1.807) is 19.2 Å². The lowest BCUT2D eigenvalue weighted by Crippen LogP contribution is -2.31. The lowest BCUT2D eigenvalue weighted by Gasteiger charge is -2.19. The van der Waals surface area contributed by atoms with Gasteiger partial charge in [0.1, 0.15) is 0 Å². The summed E-state index contributed by atoms with van der Waals surface area (Å²) in [5.74, 6) is 1.58. The topological polar surface area (TPSA) is 50.8 Å². The number of halogens is 1. The van der Waals surface area contributed by atoms with E-state index < -0.39 is 0 Å². The van der Waals surface area contributed by atoms with Crippen molar-refractivity contribution in [3.8, 4) is 11.5 Å². The first kappa shape index (κ1) is 21.3. The molecule has 1 N–H and O–H groups in total. The predicted molar refractivity (Wildman–Crippen MR) is 117 cm³/mol. The minimum absolute atomic E-state index is 0.154. The van der Waals surface area contributed by atoms with Crippen molar-refractivity contribution >= 4 is 23.2 Å². The predicted octanol–water partition coefficient (Wildman–Crippen LogP) is 4.64. The highest BCUT2D eigenvalue weighted by Gasteiger charge is 2.23. The van der Waals surface area contributed by atoms with E-state index in [1.807, 2.05) is 6.07 Å². The first-order chi connectivity index (χ1) is 14.0. The van der Waals surface area contributed by atoms with Crippen LogP contribution in [-0.2, 0) is 0 Å². The molecule has 0 spiro atoms. The fraction of sp³-hybridized carbons (Fsp3) is 0.435. The Morgan fingerprint density at radius 1 is 1.28 bits per heavy atom. The smallest absolute Gasteiger partial charge is 0.251 e. The van der Waals surface area contributed by atoms with E-state index in [0.717, 1.165) is 19.5 Å². The maximum Gasteiger partial charge on any atom is 0.251 e. The van der Waals surface area contributed by atoms with Gasteiger partial charge in [-0.25, -0.2) is 0 Å². The van der Waals surface area contributed by atoms with Crippen LogP contribution >= 0.6 is 11.6 Å². The molecule has 1 fully saturated rings. The van der Waals surface area contributed by atoms with Crippen LogP contribution < -0.4 is 19.7 Å². The van der Waals surface area contributed by atoms with Gasteiger partial charge in [-0.2, -0.15) is 0 Å². The van der Waals surface area contributed by atoms with E-state index in [4.69, 9.17) is 21.1 Å². The minimum atomic E-state index is -0.154. The van der Waals surface area contributed by atoms with Gasteiger partial charge in [0.25, 0.3) is 5.91 Å². The number of benzene rings is 2. The summed E-state index contributed by atoms with van der Waals surface area (Å²) in [5.41, 5.74) is 1.71. The molecule has 1 saturated heterocycles. The summed E-state index contributed by atoms with van der Waals surface area (Å²) in [7, 11) is 1.55. The number of ether oxygens (including phenoxy) is 2. The molecule has 156 valence electrons. The standard InChI is InChI=1S/C23H29ClN2O3/c1-16(2)15-29-22-20(24)11-18(12-21(22)28-3)23(27)25-13-17-9-10-26(14-17)19-7-5-4-6-8-19/h4-8,11-12,16-17H,9-10,13-15H2,1-3H3,(H,25,27). The molecule has 0 aliphatic carbocycles. The lowest BCUT2D eigenvalue weighted by atomic mass is 10.1. The van der Waals surface area contributed by atoms with Crippen LogP contribution in [0.2, 0.25) is 5.02 Å². The second-order valence-electron chi connectivity index (χ2n) is 7.84. The third-order valence-corrected chi connectivity index (χ3v) is 5.29. The number of carbonyl (C=O) groups excluding carboxylic acids is 1. The Morgan fingerprint density at radius 2 is 2.03 bits per heavy atom. The molecule has 2 aromatic rings. The van der Waals surface area contributed by atoms with Crippen LogP contribution in [0, 0.1) is 11.8 Å². The van der Waals surface area contributed by atoms with Gasteiger partial charge >= 0.3 is 0 Å². The van der Waals surface area contributed by atoms with Gasteiger partial charge < -0.3 is 19.7 Å². The molecular weight excluding hydrogens is 388 g/mol. The van der Waals surface area contributed by atoms with Crippen LogP contribution in [0.5, 0.6) is 11.5 Å². The van der Waals surface area contributed by atoms with Gasteiger partial charge in [0.15, 0.2) is 11.5 Å². The summed E-state index contributed by atoms with van der Waals surface area (Å²) in [6, 6.07) is 13.7. The summed E-state index contributed by atoms with van der Waals surface area (Å²) in [6.07, 6.45) is 1.06. The van der Waals surface area contributed by atoms with Crippen molar-refractivity contribution in [2.45, 2.75) is 20.3 Å². The molecule has 1 atom stereocenters. The number of methoxy groups -OCH3 is 1. The number of hydrogen-bond acceptors (Lipinski definition) is 4. The molecule has 2 aromatic carbocycles. The highest BCUT2D eigenvalue weighted by Crippen LogP contribution is 2.36. The normalized spacial score (nSPS) is 16.2. The molecule has 6 heteroatoms. The number of anilines is 1. The van der Waals surface area contributed by atoms with E-state index in [-0.39, 0.29) is 5.91 Å². The first-order valence-electron chi connectivity index (χ1n) is 10.1. The number of hydrogen-bond donors (Lipinski definition) is 1. The zero-order chi connectivity index (χ0) is 20.8. The highest BCUT2D eigenvalue weighted by atomic mass is 35.5. The molecule has 0 aromatic heterocycles. The van der Waals surface area contributed by atoms with Crippen molar-refractivity contribution < 1.29 is 14.3 Å². The molecule has 29 heavy (non-hydrogen) atoms. The number of carbonyl (C=O) groups is 1. The quantitative estimate of drug-likeness (QED) is 0.681. The van der Waals surface area contributed by atoms with Crippen molar-refractivity contribution in [1.82, 2.24) is 5.32 Å². The van der Waals surface area contributed by atoms with Gasteiger partial charge in [-0.05, 0) is 42.5 Å². The number of nitrogens with zero attached hydrogens (tertiary/aromatic N) is 1. The van der Waals surface area contributed by atoms with Crippen LogP contribution in [0.15, 0.2) is 42.5 Å². The van der Waals surface area contributed by atoms with Gasteiger partial charge in [-0.1, -0.05) is 43.6 Å². The van der Waals surface area contributed by atoms with Gasteiger partial charge in [0.05, 0.1) is 18.7 Å². The average molecular weight is 417 g/mol. The summed E-state index contributed by atoms with van der Waals surface area (Å²) in [4.78, 5) is 15.0. The van der Waals surface area contributed by atoms with Crippen molar-refractivity contribution in [1.29, 1.82) is 0 Å². The second kappa shape index (κ2) is 9.88. The third-order valence-electron chi connectivity index (χ3n) is 5.01. The molecule has 1 aliphatic rings. The second-order valence-corrected chi connectivity index (χ2v) is 8.25. The zero-order valence-corrected chi connectivity index (χ0v) is 18.0. The van der Waals surface area contributed by atoms with Gasteiger partial charge in [-0.3, -0.25) is 4.79 Å². The van der Waals surface area contributed by atoms with Crippen LogP contribution in [0.4, 0.5) is 5.69 Å². The molecule has 5 nitrogen and oxygen atoms in total. The van der Waals surface area contributed by atoms with Crippen molar-refractivity contribution in [3.05, 3.63) is 53.1 Å². The number of amides is 1. The van der Waals surface area contributed by atoms with E-state index in [0.29, 0.717) is 47.1 Å². The first-order valence-corrected chi connectivity index (χ1v) is 10.4. The Labute approximate surface area is 177 Å². The van der Waals surface area contributed by atoms with E-state index >= 15 is 0 Å². The molecule has 0 radical (unpaired) electrons. The van der Waals surface area contributed by atoms with E-state index in [9.17, 15) is 4.79 Å². The Balaban J connectivity index is 1.59. The molecule has 0 saturated carbocycles. The Bertz CT molecular complexity index is 826. The largest absolute Gasteiger partial charge is 0.493 e. The Kier molecular flexibility index (Phi) is 7.26. The molecule has 1 heterocycles. The zero-order valence-electron chi connectivity index (χ0n) is 17.3. The van der Waals surface area contributed by atoms with Crippen LogP contribution in [0.25, 0.3) is 0 Å². The fourth-order valence-corrected chi connectivity index (χ4v) is 3.72. The summed E-state index contributed by atoms with van der Waals surface area (Å²) < 4.78 is 11.2. The van der Waals surface area contributed by atoms with Crippen LogP contribution in [0.3, 0.4) is 0 Å². The van der Waals surface area contributed by atoms with Gasteiger partial charge in [0, 0.05) is 30.9 Å². The molecule has 1 unspecified atom stereocenters. The summed E-state index contributed by atoms with van der Waals surface area (Å²) in [5, 5.41) is 3.42. The van der Waals surface area contributed by atoms with Crippen molar-refractivity contribution in [3.63, 3.8) is 0 Å². The van der Waals surface area contributed by atoms with Crippen molar-refractivity contribution in [2.75, 3.05) is 38.3 Å². The number of nitrogens with one attached hydrogen (secondary N) is 1. The van der Waals surface area contributed by atoms with Crippen molar-refractivity contribution in [2.24, 2.45) is 11.8 Å². The SMILES string of the molecule is COc1cc(C(=O)NCC2CCN(c3ccccc3)C2)cc(Cl)c1OCC(C)C. The highest BCUT2D eigenvalue weighted by molar-refractivity contribution is 6.32. The fourth-order valence-electron chi connectivity index (χ4n) is 3.45. The molecule has 1 amide bonds. The average Bonchev–Trinajstić information content (AvgIpc) is 3.20. The molecular formula is C23H29ClN2O3. The number of rotatable bonds is 8. The lowest BCUT2D eigenvalue weighted by molar-refractivity contribution is 0.0948. The van der Waals surface area contributed by atoms with Crippen LogP contribution in [-0.4, -0.2) is 39.3 Å². The molecule has 1 aliphatic heterocycles. The minimum Gasteiger partial charge on any atom is -0.493 e. The molecule has 0 bridgehead atoms. The third kappa shape index (κ3) is 5.57. The molecule has 3 rings (SSSR count). The van der Waals surface area contributed by atoms with Gasteiger partial charge in [0.2, 0.25) is 0 Å². The van der Waals surface area contributed by atoms with E-state index in [2.05, 4.69) is 48.3 Å². The van der Waals surface area contributed by atoms with Crippen LogP contribution in [0.1, 0.15) is 30.6 Å². The summed E-state index contributed by atoms with van der Waals surface area (Å²) >= 11 is 6.36. The van der Waals surface area contributed by atoms with E-state index in [1.165, 1.54) is 5.69 Å². The number of para-hydroxylation sites is 1. The van der Waals surface area contributed by atoms with Gasteiger partial charge in [-0.15, -0.1) is 0 Å². The maximum atomic E-state index is 12.7. The Morgan fingerprint density at radius 3 is 2.72 bits per heavy atom. The Hall–Kier alpha value is -2.40. The summed E-state index contributed by atoms with van der Waals surface area (Å²) in [6.45, 7) is 7.23. The maximum absolute atomic E-state index is 12.7. The monoisotopic (exact) mass is 416 g/mol.